The lowest BCUT2D eigenvalue weighted by atomic mass is 10.1. The molecule has 1 N–H and O–H groups in total. The molecule has 1 aliphatic carbocycles. The summed E-state index contributed by atoms with van der Waals surface area (Å²) in [6.07, 6.45) is 2.41. The van der Waals surface area contributed by atoms with Crippen LogP contribution in [0.15, 0.2) is 60.7 Å². The fourth-order valence-electron chi connectivity index (χ4n) is 2.48. The third-order valence-corrected chi connectivity index (χ3v) is 3.80. The van der Waals surface area contributed by atoms with Crippen molar-refractivity contribution >= 4 is 5.91 Å². The van der Waals surface area contributed by atoms with Crippen LogP contribution in [0.25, 0.3) is 0 Å². The summed E-state index contributed by atoms with van der Waals surface area (Å²) in [6.45, 7) is 0.403. The maximum absolute atomic E-state index is 12.1. The normalized spacial score (nSPS) is 15.2. The molecule has 1 aliphatic rings. The van der Waals surface area contributed by atoms with E-state index in [1.54, 1.807) is 0 Å². The second-order valence-electron chi connectivity index (χ2n) is 5.41. The molecule has 1 fully saturated rings. The predicted octanol–water partition coefficient (Wildman–Crippen LogP) is 3.26. The van der Waals surface area contributed by atoms with Crippen LogP contribution in [0.5, 0.6) is 5.75 Å². The van der Waals surface area contributed by atoms with Crippen molar-refractivity contribution in [3.63, 3.8) is 0 Å². The van der Waals surface area contributed by atoms with Crippen LogP contribution in [0.3, 0.4) is 0 Å². The van der Waals surface area contributed by atoms with Crippen LogP contribution in [0.2, 0.25) is 0 Å². The van der Waals surface area contributed by atoms with Crippen molar-refractivity contribution in [2.45, 2.75) is 24.8 Å². The summed E-state index contributed by atoms with van der Waals surface area (Å²) in [5.41, 5.74) is 1.06. The Hall–Kier alpha value is -2.29. The van der Waals surface area contributed by atoms with Crippen LogP contribution < -0.4 is 10.1 Å². The van der Waals surface area contributed by atoms with Gasteiger partial charge in [0.2, 0.25) is 5.91 Å². The van der Waals surface area contributed by atoms with Crippen molar-refractivity contribution in [2.75, 3.05) is 6.61 Å². The lowest BCUT2D eigenvalue weighted by Crippen LogP contribution is -2.35. The van der Waals surface area contributed by atoms with Crippen molar-refractivity contribution in [3.05, 3.63) is 66.2 Å². The van der Waals surface area contributed by atoms with E-state index in [0.717, 1.165) is 18.6 Å². The first kappa shape index (κ1) is 13.7. The Morgan fingerprint density at radius 1 is 1.00 bits per heavy atom. The number of hydrogen-bond acceptors (Lipinski definition) is 2. The van der Waals surface area contributed by atoms with Gasteiger partial charge in [0.1, 0.15) is 5.75 Å². The van der Waals surface area contributed by atoms with Gasteiger partial charge in [0.05, 0.1) is 18.6 Å². The number of ether oxygens (including phenoxy) is 1. The summed E-state index contributed by atoms with van der Waals surface area (Å²) in [5, 5.41) is 3.15. The third kappa shape index (κ3) is 3.43. The quantitative estimate of drug-likeness (QED) is 0.882. The van der Waals surface area contributed by atoms with E-state index in [2.05, 4.69) is 17.4 Å². The first-order chi connectivity index (χ1) is 10.3. The minimum Gasteiger partial charge on any atom is -0.493 e. The number of carbonyl (C=O) groups is 1. The number of rotatable bonds is 6. The molecule has 2 aromatic rings. The first-order valence-electron chi connectivity index (χ1n) is 7.33. The molecule has 3 nitrogen and oxygen atoms in total. The highest BCUT2D eigenvalue weighted by molar-refractivity contribution is 5.77. The molecule has 3 rings (SSSR count). The van der Waals surface area contributed by atoms with E-state index < -0.39 is 0 Å². The topological polar surface area (TPSA) is 38.3 Å². The Morgan fingerprint density at radius 3 is 2.24 bits per heavy atom. The number of para-hydroxylation sites is 1. The smallest absolute Gasteiger partial charge is 0.224 e. The fourth-order valence-corrected chi connectivity index (χ4v) is 2.48. The van der Waals surface area contributed by atoms with Crippen molar-refractivity contribution in [1.82, 2.24) is 5.32 Å². The second-order valence-corrected chi connectivity index (χ2v) is 5.41. The molecule has 1 amide bonds. The molecule has 108 valence electrons. The van der Waals surface area contributed by atoms with Gasteiger partial charge in [-0.2, -0.15) is 0 Å². The van der Waals surface area contributed by atoms with E-state index in [9.17, 15) is 4.79 Å². The van der Waals surface area contributed by atoms with Crippen LogP contribution in [0.1, 0.15) is 24.8 Å². The third-order valence-electron chi connectivity index (χ3n) is 3.80. The fraction of sp³-hybridized carbons (Fsp3) is 0.278. The summed E-state index contributed by atoms with van der Waals surface area (Å²) < 4.78 is 5.56. The maximum atomic E-state index is 12.1. The molecular weight excluding hydrogens is 262 g/mol. The highest BCUT2D eigenvalue weighted by Gasteiger charge is 2.45. The zero-order chi connectivity index (χ0) is 14.5. The average molecular weight is 281 g/mol. The second kappa shape index (κ2) is 6.00. The molecule has 21 heavy (non-hydrogen) atoms. The molecule has 0 aliphatic heterocycles. The van der Waals surface area contributed by atoms with E-state index in [1.165, 1.54) is 5.56 Å². The number of carbonyl (C=O) groups excluding carboxylic acids is 1. The summed E-state index contributed by atoms with van der Waals surface area (Å²) in [4.78, 5) is 12.1. The minimum absolute atomic E-state index is 0.0484. The Morgan fingerprint density at radius 2 is 1.62 bits per heavy atom. The van der Waals surface area contributed by atoms with Gasteiger partial charge in [-0.1, -0.05) is 48.5 Å². The zero-order valence-electron chi connectivity index (χ0n) is 11.9. The molecule has 0 spiro atoms. The largest absolute Gasteiger partial charge is 0.493 e. The number of benzene rings is 2. The summed E-state index contributed by atoms with van der Waals surface area (Å²) in [6, 6.07) is 19.7. The number of amides is 1. The van der Waals surface area contributed by atoms with E-state index in [4.69, 9.17) is 4.74 Å². The molecule has 3 heteroatoms. The summed E-state index contributed by atoms with van der Waals surface area (Å²) >= 11 is 0. The van der Waals surface area contributed by atoms with E-state index >= 15 is 0 Å². The van der Waals surface area contributed by atoms with Gasteiger partial charge in [0.25, 0.3) is 0 Å². The van der Waals surface area contributed by atoms with Gasteiger partial charge in [-0.15, -0.1) is 0 Å². The van der Waals surface area contributed by atoms with Crippen LogP contribution in [0, 0.1) is 0 Å². The average Bonchev–Trinajstić information content (AvgIpc) is 3.30. The maximum Gasteiger partial charge on any atom is 0.224 e. The molecule has 2 aromatic carbocycles. The SMILES string of the molecule is O=C(CCOc1ccccc1)NC1(c2ccccc2)CC1. The van der Waals surface area contributed by atoms with Crippen molar-refractivity contribution in [1.29, 1.82) is 0 Å². The van der Waals surface area contributed by atoms with E-state index in [1.807, 2.05) is 48.5 Å². The van der Waals surface area contributed by atoms with Gasteiger partial charge < -0.3 is 10.1 Å². The van der Waals surface area contributed by atoms with Gasteiger partial charge in [0.15, 0.2) is 0 Å². The Balaban J connectivity index is 1.49. The molecule has 0 radical (unpaired) electrons. The lowest BCUT2D eigenvalue weighted by molar-refractivity contribution is -0.122. The van der Waals surface area contributed by atoms with Crippen LogP contribution in [0.4, 0.5) is 0 Å². The van der Waals surface area contributed by atoms with Crippen molar-refractivity contribution in [3.8, 4) is 5.75 Å². The van der Waals surface area contributed by atoms with Crippen LogP contribution in [-0.2, 0) is 10.3 Å². The summed E-state index contributed by atoms with van der Waals surface area (Å²) in [5.74, 6) is 0.849. The molecule has 0 bridgehead atoms. The standard InChI is InChI=1S/C18H19NO2/c20-17(11-14-21-16-9-5-2-6-10-16)19-18(12-13-18)15-7-3-1-4-8-15/h1-10H,11-14H2,(H,19,20). The lowest BCUT2D eigenvalue weighted by Gasteiger charge is -2.18. The van der Waals surface area contributed by atoms with Crippen molar-refractivity contribution in [2.24, 2.45) is 0 Å². The molecule has 0 unspecified atom stereocenters. The van der Waals surface area contributed by atoms with Gasteiger partial charge in [-0.3, -0.25) is 4.79 Å². The monoisotopic (exact) mass is 281 g/mol. The van der Waals surface area contributed by atoms with Crippen LogP contribution in [-0.4, -0.2) is 12.5 Å². The van der Waals surface area contributed by atoms with Crippen LogP contribution >= 0.6 is 0 Å². The zero-order valence-corrected chi connectivity index (χ0v) is 11.9. The van der Waals surface area contributed by atoms with Gasteiger partial charge >= 0.3 is 0 Å². The Labute approximate surface area is 124 Å². The highest BCUT2D eigenvalue weighted by Crippen LogP contribution is 2.45. The van der Waals surface area contributed by atoms with E-state index in [0.29, 0.717) is 13.0 Å². The molecule has 0 saturated heterocycles. The van der Waals surface area contributed by atoms with E-state index in [-0.39, 0.29) is 11.4 Å². The molecule has 0 atom stereocenters. The Bertz CT molecular complexity index is 591. The molecule has 0 heterocycles. The Kier molecular flexibility index (Phi) is 3.91. The van der Waals surface area contributed by atoms with Gasteiger partial charge in [0, 0.05) is 0 Å². The first-order valence-corrected chi connectivity index (χ1v) is 7.33. The van der Waals surface area contributed by atoms with Gasteiger partial charge in [-0.25, -0.2) is 0 Å². The highest BCUT2D eigenvalue weighted by atomic mass is 16.5. The van der Waals surface area contributed by atoms with Crippen molar-refractivity contribution < 1.29 is 9.53 Å². The predicted molar refractivity (Wildman–Crippen MR) is 82.1 cm³/mol. The van der Waals surface area contributed by atoms with Gasteiger partial charge in [-0.05, 0) is 30.5 Å². The molecular formula is C18H19NO2. The number of nitrogens with one attached hydrogen (secondary N) is 1. The number of hydrogen-bond donors (Lipinski definition) is 1. The minimum atomic E-state index is -0.134. The summed E-state index contributed by atoms with van der Waals surface area (Å²) in [7, 11) is 0. The molecule has 1 saturated carbocycles. The molecule has 0 aromatic heterocycles.